The van der Waals surface area contributed by atoms with Crippen molar-refractivity contribution in [2.75, 3.05) is 0 Å². The van der Waals surface area contributed by atoms with E-state index in [9.17, 15) is 0 Å². The first kappa shape index (κ1) is 22.5. The predicted molar refractivity (Wildman–Crippen MR) is 106 cm³/mol. The first-order chi connectivity index (χ1) is 10.7. The smallest absolute Gasteiger partial charge is 0.210 e. The van der Waals surface area contributed by atoms with E-state index >= 15 is 0 Å². The molecular weight excluding hydrogens is 289 g/mol. The summed E-state index contributed by atoms with van der Waals surface area (Å²) >= 11 is 0. The van der Waals surface area contributed by atoms with Crippen molar-refractivity contribution in [3.8, 4) is 0 Å². The van der Waals surface area contributed by atoms with Gasteiger partial charge in [-0.3, -0.25) is 0 Å². The molecule has 0 saturated carbocycles. The van der Waals surface area contributed by atoms with Gasteiger partial charge in [0.15, 0.2) is 0 Å². The Hall–Kier alpha value is -0.534. The van der Waals surface area contributed by atoms with Gasteiger partial charge in [0.2, 0.25) is 0 Å². The molecule has 1 heteroatoms. The first-order valence-electron chi connectivity index (χ1n) is 9.22. The Balaban J connectivity index is 0.000000403. The van der Waals surface area contributed by atoms with Crippen LogP contribution in [-0.4, -0.2) is 23.1 Å². The zero-order valence-corrected chi connectivity index (χ0v) is 17.2. The Bertz CT molecular complexity index is 402. The van der Waals surface area contributed by atoms with Crippen LogP contribution in [0.4, 0.5) is 0 Å². The van der Waals surface area contributed by atoms with Gasteiger partial charge >= 0.3 is 23.1 Å². The van der Waals surface area contributed by atoms with Crippen LogP contribution >= 0.6 is 0 Å². The molecule has 0 heterocycles. The third-order valence-electron chi connectivity index (χ3n) is 3.92. The van der Waals surface area contributed by atoms with Crippen molar-refractivity contribution in [1.82, 2.24) is 0 Å². The van der Waals surface area contributed by atoms with E-state index in [1.807, 2.05) is 0 Å². The van der Waals surface area contributed by atoms with E-state index in [0.717, 1.165) is 0 Å². The Morgan fingerprint density at radius 1 is 0.652 bits per heavy atom. The quantitative estimate of drug-likeness (QED) is 0.398. The average molecular weight is 323 g/mol. The Morgan fingerprint density at radius 2 is 1.04 bits per heavy atom. The van der Waals surface area contributed by atoms with Crippen molar-refractivity contribution in [2.45, 2.75) is 79.1 Å². The van der Waals surface area contributed by atoms with Gasteiger partial charge in [0.1, 0.15) is 0 Å². The molecule has 0 amide bonds. The van der Waals surface area contributed by atoms with E-state index in [1.54, 1.807) is 0 Å². The molecule has 0 radical (unpaired) electrons. The van der Waals surface area contributed by atoms with E-state index in [0.29, 0.717) is 0 Å². The standard InChI is InChI=1S/2C11H17.Mg/c2*1-3-5-10-7-8-11(9-10)6-4-2;/h2*7-9H,3-6H2,1-2H3;/q2*-1;+2. The molecule has 0 aliphatic heterocycles. The molecule has 2 aromatic carbocycles. The molecule has 124 valence electrons. The summed E-state index contributed by atoms with van der Waals surface area (Å²) < 4.78 is 0. The Kier molecular flexibility index (Phi) is 13.5. The van der Waals surface area contributed by atoms with E-state index in [4.69, 9.17) is 0 Å². The SMILES string of the molecule is CCCc1cc[c-](CCC)c1.CCCc1cc[c-](CCC)c1.[Mg+2]. The zero-order valence-electron chi connectivity index (χ0n) is 15.8. The fourth-order valence-electron chi connectivity index (χ4n) is 2.87. The maximum absolute atomic E-state index is 2.34. The van der Waals surface area contributed by atoms with Crippen molar-refractivity contribution in [1.29, 1.82) is 0 Å². The zero-order chi connectivity index (χ0) is 16.2. The molecule has 0 saturated heterocycles. The van der Waals surface area contributed by atoms with Crippen molar-refractivity contribution in [2.24, 2.45) is 0 Å². The summed E-state index contributed by atoms with van der Waals surface area (Å²) in [6, 6.07) is 13.7. The summed E-state index contributed by atoms with van der Waals surface area (Å²) in [5.74, 6) is 0. The van der Waals surface area contributed by atoms with Crippen molar-refractivity contribution in [3.05, 3.63) is 58.7 Å². The minimum Gasteiger partial charge on any atom is -0.210 e. The second-order valence-electron chi connectivity index (χ2n) is 6.26. The summed E-state index contributed by atoms with van der Waals surface area (Å²) in [5, 5.41) is 0. The predicted octanol–water partition coefficient (Wildman–Crippen LogP) is 6.24. The fourth-order valence-corrected chi connectivity index (χ4v) is 2.87. The molecular formula is C22H34Mg. The molecule has 0 N–H and O–H groups in total. The molecule has 2 aromatic rings. The van der Waals surface area contributed by atoms with Crippen LogP contribution in [0.15, 0.2) is 36.4 Å². The van der Waals surface area contributed by atoms with E-state index in [-0.39, 0.29) is 23.1 Å². The minimum atomic E-state index is 0. The van der Waals surface area contributed by atoms with Crippen LogP contribution in [0.3, 0.4) is 0 Å². The minimum absolute atomic E-state index is 0. The van der Waals surface area contributed by atoms with Gasteiger partial charge in [-0.15, -0.1) is 0 Å². The van der Waals surface area contributed by atoms with Gasteiger partial charge in [-0.25, -0.2) is 12.1 Å². The van der Waals surface area contributed by atoms with Gasteiger partial charge in [-0.1, -0.05) is 79.1 Å². The summed E-state index contributed by atoms with van der Waals surface area (Å²) in [4.78, 5) is 0. The fraction of sp³-hybridized carbons (Fsp3) is 0.545. The third kappa shape index (κ3) is 9.37. The van der Waals surface area contributed by atoms with E-state index < -0.39 is 0 Å². The molecule has 0 aliphatic rings. The van der Waals surface area contributed by atoms with E-state index in [2.05, 4.69) is 64.1 Å². The van der Waals surface area contributed by atoms with Gasteiger partial charge in [-0.05, 0) is 0 Å². The van der Waals surface area contributed by atoms with Crippen LogP contribution in [0.25, 0.3) is 0 Å². The summed E-state index contributed by atoms with van der Waals surface area (Å²) in [7, 11) is 0. The summed E-state index contributed by atoms with van der Waals surface area (Å²) in [6.07, 6.45) is 10.00. The topological polar surface area (TPSA) is 0 Å². The van der Waals surface area contributed by atoms with Gasteiger partial charge in [0.25, 0.3) is 0 Å². The largest absolute Gasteiger partial charge is 2.00 e. The monoisotopic (exact) mass is 322 g/mol. The maximum Gasteiger partial charge on any atom is 2.00 e. The molecule has 0 nitrogen and oxygen atoms in total. The van der Waals surface area contributed by atoms with Crippen LogP contribution in [0.1, 0.15) is 75.6 Å². The van der Waals surface area contributed by atoms with E-state index in [1.165, 1.54) is 73.6 Å². The molecule has 0 fully saturated rings. The van der Waals surface area contributed by atoms with Gasteiger partial charge in [0, 0.05) is 0 Å². The second-order valence-corrected chi connectivity index (χ2v) is 6.26. The third-order valence-corrected chi connectivity index (χ3v) is 3.92. The summed E-state index contributed by atoms with van der Waals surface area (Å²) in [5.41, 5.74) is 6.04. The van der Waals surface area contributed by atoms with Gasteiger partial charge in [-0.2, -0.15) is 46.5 Å². The van der Waals surface area contributed by atoms with Gasteiger partial charge in [0.05, 0.1) is 0 Å². The Labute approximate surface area is 160 Å². The number of hydrogen-bond donors (Lipinski definition) is 0. The van der Waals surface area contributed by atoms with Crippen LogP contribution in [0.2, 0.25) is 0 Å². The molecule has 0 bridgehead atoms. The molecule has 2 rings (SSSR count). The van der Waals surface area contributed by atoms with Gasteiger partial charge < -0.3 is 0 Å². The van der Waals surface area contributed by atoms with Crippen LogP contribution in [0, 0.1) is 0 Å². The number of aryl methyl sites for hydroxylation is 4. The molecule has 0 unspecified atom stereocenters. The average Bonchev–Trinajstić information content (AvgIpc) is 3.12. The normalized spacial score (nSPS) is 9.91. The van der Waals surface area contributed by atoms with Crippen LogP contribution in [0.5, 0.6) is 0 Å². The van der Waals surface area contributed by atoms with Crippen molar-refractivity contribution >= 4 is 23.1 Å². The maximum atomic E-state index is 2.34. The van der Waals surface area contributed by atoms with Crippen molar-refractivity contribution in [3.63, 3.8) is 0 Å². The molecule has 0 spiro atoms. The Morgan fingerprint density at radius 3 is 1.35 bits per heavy atom. The number of rotatable bonds is 8. The van der Waals surface area contributed by atoms with Crippen LogP contribution in [-0.2, 0) is 25.7 Å². The number of hydrogen-bond acceptors (Lipinski definition) is 0. The molecule has 0 aromatic heterocycles. The van der Waals surface area contributed by atoms with Crippen LogP contribution < -0.4 is 0 Å². The molecule has 0 atom stereocenters. The molecule has 0 aliphatic carbocycles. The molecule has 23 heavy (non-hydrogen) atoms. The first-order valence-corrected chi connectivity index (χ1v) is 9.22. The summed E-state index contributed by atoms with van der Waals surface area (Å²) in [6.45, 7) is 8.91. The second kappa shape index (κ2) is 13.9. The van der Waals surface area contributed by atoms with Crippen molar-refractivity contribution < 1.29 is 0 Å².